The molecule has 0 heterocycles. The smallest absolute Gasteiger partial charge is 0.232 e. The highest BCUT2D eigenvalue weighted by molar-refractivity contribution is 6.25. The number of carbonyl (C=O) groups is 2. The van der Waals surface area contributed by atoms with Gasteiger partial charge < -0.3 is 19.7 Å². The van der Waals surface area contributed by atoms with Crippen LogP contribution in [0.2, 0.25) is 0 Å². The summed E-state index contributed by atoms with van der Waals surface area (Å²) in [6.07, 6.45) is 1.01. The first-order chi connectivity index (χ1) is 8.51. The van der Waals surface area contributed by atoms with Gasteiger partial charge in [0.2, 0.25) is 11.5 Å². The van der Waals surface area contributed by atoms with Gasteiger partial charge >= 0.3 is 0 Å². The fourth-order valence-electron chi connectivity index (χ4n) is 1.80. The second-order valence-corrected chi connectivity index (χ2v) is 3.61. The molecule has 0 spiro atoms. The van der Waals surface area contributed by atoms with Crippen molar-refractivity contribution in [2.45, 2.75) is 0 Å². The number of rotatable bonds is 2. The molecule has 0 bridgehead atoms. The van der Waals surface area contributed by atoms with Gasteiger partial charge in [-0.15, -0.1) is 0 Å². The molecule has 1 aromatic carbocycles. The van der Waals surface area contributed by atoms with E-state index < -0.39 is 23.1 Å². The van der Waals surface area contributed by atoms with Crippen LogP contribution in [0.25, 0.3) is 0 Å². The van der Waals surface area contributed by atoms with Crippen LogP contribution in [0.3, 0.4) is 0 Å². The van der Waals surface area contributed by atoms with E-state index >= 15 is 0 Å². The molecule has 18 heavy (non-hydrogen) atoms. The van der Waals surface area contributed by atoms with Gasteiger partial charge in [0.05, 0.1) is 19.8 Å². The van der Waals surface area contributed by atoms with E-state index in [-0.39, 0.29) is 22.6 Å². The number of methoxy groups -OCH3 is 2. The van der Waals surface area contributed by atoms with E-state index in [9.17, 15) is 19.8 Å². The molecule has 0 saturated carbocycles. The molecule has 0 aliphatic heterocycles. The number of allylic oxidation sites excluding steroid dienone is 2. The molecular weight excluding hydrogens is 240 g/mol. The molecule has 0 atom stereocenters. The van der Waals surface area contributed by atoms with Crippen LogP contribution in [-0.4, -0.2) is 36.0 Å². The maximum absolute atomic E-state index is 12.0. The van der Waals surface area contributed by atoms with Crippen molar-refractivity contribution in [3.8, 4) is 17.2 Å². The highest BCUT2D eigenvalue weighted by Gasteiger charge is 2.32. The minimum atomic E-state index is -0.636. The molecule has 1 aromatic rings. The van der Waals surface area contributed by atoms with E-state index in [1.54, 1.807) is 0 Å². The van der Waals surface area contributed by atoms with Crippen LogP contribution in [0.1, 0.15) is 20.7 Å². The summed E-state index contributed by atoms with van der Waals surface area (Å²) in [4.78, 5) is 23.7. The van der Waals surface area contributed by atoms with Crippen LogP contribution < -0.4 is 4.74 Å². The van der Waals surface area contributed by atoms with Crippen molar-refractivity contribution in [3.05, 3.63) is 29.0 Å². The predicted molar refractivity (Wildman–Crippen MR) is 60.1 cm³/mol. The number of Topliss-reactive ketones (excluding diaryl/α,β-unsaturated/α-hetero) is 1. The molecule has 0 fully saturated rings. The van der Waals surface area contributed by atoms with Crippen LogP contribution in [0.5, 0.6) is 17.2 Å². The number of hydrogen-bond acceptors (Lipinski definition) is 6. The van der Waals surface area contributed by atoms with Gasteiger partial charge in [-0.2, -0.15) is 0 Å². The zero-order valence-electron chi connectivity index (χ0n) is 9.68. The number of aromatic hydroxyl groups is 2. The number of phenolic OH excluding ortho intramolecular Hbond substituents is 2. The van der Waals surface area contributed by atoms with Crippen LogP contribution in [0.4, 0.5) is 0 Å². The zero-order chi connectivity index (χ0) is 13.4. The maximum Gasteiger partial charge on any atom is 0.232 e. The van der Waals surface area contributed by atoms with Gasteiger partial charge in [-0.3, -0.25) is 9.59 Å². The van der Waals surface area contributed by atoms with Crippen molar-refractivity contribution in [1.82, 2.24) is 0 Å². The summed E-state index contributed by atoms with van der Waals surface area (Å²) in [7, 11) is 2.47. The van der Waals surface area contributed by atoms with Gasteiger partial charge in [0.15, 0.2) is 23.0 Å². The lowest BCUT2D eigenvalue weighted by Crippen LogP contribution is -2.18. The summed E-state index contributed by atoms with van der Waals surface area (Å²) >= 11 is 0. The van der Waals surface area contributed by atoms with E-state index in [1.165, 1.54) is 14.2 Å². The summed E-state index contributed by atoms with van der Waals surface area (Å²) < 4.78 is 9.54. The Morgan fingerprint density at radius 2 is 1.78 bits per heavy atom. The Morgan fingerprint density at radius 3 is 2.33 bits per heavy atom. The highest BCUT2D eigenvalue weighted by Crippen LogP contribution is 2.42. The van der Waals surface area contributed by atoms with Crippen LogP contribution >= 0.6 is 0 Å². The Bertz CT molecular complexity index is 585. The molecule has 0 unspecified atom stereocenters. The molecule has 0 aromatic heterocycles. The second-order valence-electron chi connectivity index (χ2n) is 3.61. The molecule has 0 saturated heterocycles. The Kier molecular flexibility index (Phi) is 2.70. The normalized spacial score (nSPS) is 14.0. The second kappa shape index (κ2) is 4.06. The number of ether oxygens (including phenoxy) is 2. The van der Waals surface area contributed by atoms with Gasteiger partial charge in [-0.25, -0.2) is 0 Å². The Labute approximate surface area is 102 Å². The first-order valence-corrected chi connectivity index (χ1v) is 4.98. The molecule has 6 nitrogen and oxygen atoms in total. The van der Waals surface area contributed by atoms with E-state index in [4.69, 9.17) is 9.47 Å². The number of benzene rings is 1. The summed E-state index contributed by atoms with van der Waals surface area (Å²) in [5.41, 5.74) is -0.314. The molecule has 94 valence electrons. The number of carbonyl (C=O) groups excluding carboxylic acids is 2. The van der Waals surface area contributed by atoms with Crippen molar-refractivity contribution in [2.75, 3.05) is 14.2 Å². The van der Waals surface area contributed by atoms with E-state index in [1.807, 2.05) is 0 Å². The van der Waals surface area contributed by atoms with Gasteiger partial charge in [-0.05, 0) is 6.07 Å². The molecule has 2 rings (SSSR count). The lowest BCUT2D eigenvalue weighted by atomic mass is 9.92. The number of phenols is 2. The summed E-state index contributed by atoms with van der Waals surface area (Å²) in [6, 6.07) is 1.08. The lowest BCUT2D eigenvalue weighted by molar-refractivity contribution is 0.0913. The standard InChI is InChI=1S/C12H10O6/c1-17-8-4-6(13)5-3-7(14)12(18-2)11(16)9(5)10(8)15/h3-4,14,16H,1-2H3. The van der Waals surface area contributed by atoms with Gasteiger partial charge in [0.1, 0.15) is 0 Å². The number of ketones is 2. The zero-order valence-corrected chi connectivity index (χ0v) is 9.68. The van der Waals surface area contributed by atoms with Gasteiger partial charge in [-0.1, -0.05) is 0 Å². The van der Waals surface area contributed by atoms with Crippen LogP contribution in [0.15, 0.2) is 17.9 Å². The minimum absolute atomic E-state index is 0.0865. The number of hydrogen-bond donors (Lipinski definition) is 2. The van der Waals surface area contributed by atoms with E-state index in [2.05, 4.69) is 0 Å². The average Bonchev–Trinajstić information content (AvgIpc) is 2.33. The number of fused-ring (bicyclic) bond motifs is 1. The third kappa shape index (κ3) is 1.50. The van der Waals surface area contributed by atoms with Crippen molar-refractivity contribution < 1.29 is 29.3 Å². The first kappa shape index (κ1) is 12.0. The largest absolute Gasteiger partial charge is 0.504 e. The van der Waals surface area contributed by atoms with Gasteiger partial charge in [0, 0.05) is 11.6 Å². The van der Waals surface area contributed by atoms with E-state index in [0.29, 0.717) is 0 Å². The maximum atomic E-state index is 12.0. The molecule has 1 aliphatic carbocycles. The monoisotopic (exact) mass is 250 g/mol. The molecule has 0 amide bonds. The van der Waals surface area contributed by atoms with Crippen molar-refractivity contribution in [2.24, 2.45) is 0 Å². The third-order valence-electron chi connectivity index (χ3n) is 2.64. The SMILES string of the molecule is COC1=CC(=O)c2cc(O)c(OC)c(O)c2C1=O. The summed E-state index contributed by atoms with van der Waals surface area (Å²) in [5.74, 6) is -2.59. The first-order valence-electron chi connectivity index (χ1n) is 4.98. The average molecular weight is 250 g/mol. The molecule has 0 radical (unpaired) electrons. The highest BCUT2D eigenvalue weighted by atomic mass is 16.5. The van der Waals surface area contributed by atoms with Crippen LogP contribution in [0, 0.1) is 0 Å². The summed E-state index contributed by atoms with van der Waals surface area (Å²) in [6.45, 7) is 0. The fraction of sp³-hybridized carbons (Fsp3) is 0.167. The quantitative estimate of drug-likeness (QED) is 0.813. The summed E-state index contributed by atoms with van der Waals surface area (Å²) in [5, 5.41) is 19.5. The Morgan fingerprint density at radius 1 is 1.11 bits per heavy atom. The van der Waals surface area contributed by atoms with Crippen molar-refractivity contribution in [1.29, 1.82) is 0 Å². The minimum Gasteiger partial charge on any atom is -0.504 e. The molecule has 2 N–H and O–H groups in total. The topological polar surface area (TPSA) is 93.1 Å². The van der Waals surface area contributed by atoms with Crippen molar-refractivity contribution >= 4 is 11.6 Å². The third-order valence-corrected chi connectivity index (χ3v) is 2.64. The molecule has 1 aliphatic rings. The molecular formula is C12H10O6. The Hall–Kier alpha value is -2.50. The van der Waals surface area contributed by atoms with Crippen molar-refractivity contribution in [3.63, 3.8) is 0 Å². The lowest BCUT2D eigenvalue weighted by Gasteiger charge is -2.17. The molecule has 6 heteroatoms. The Balaban J connectivity index is 2.75. The predicted octanol–water partition coefficient (Wildman–Crippen LogP) is 1.02. The van der Waals surface area contributed by atoms with Gasteiger partial charge in [0.25, 0.3) is 0 Å². The van der Waals surface area contributed by atoms with Crippen LogP contribution in [-0.2, 0) is 4.74 Å². The van der Waals surface area contributed by atoms with E-state index in [0.717, 1.165) is 12.1 Å². The fourth-order valence-corrected chi connectivity index (χ4v) is 1.80.